The van der Waals surface area contributed by atoms with Crippen molar-refractivity contribution >= 4 is 39.4 Å². The summed E-state index contributed by atoms with van der Waals surface area (Å²) < 4.78 is 37.7. The van der Waals surface area contributed by atoms with Gasteiger partial charge in [-0.1, -0.05) is 23.7 Å². The monoisotopic (exact) mass is 381 g/mol. The van der Waals surface area contributed by atoms with Crippen molar-refractivity contribution < 1.29 is 27.8 Å². The van der Waals surface area contributed by atoms with Gasteiger partial charge in [0.1, 0.15) is 0 Å². The maximum atomic E-state index is 12.5. The first-order valence-corrected chi connectivity index (χ1v) is 8.84. The second-order valence-electron chi connectivity index (χ2n) is 5.03. The molecule has 0 atom stereocenters. The number of carboxylic acids is 1. The lowest BCUT2D eigenvalue weighted by Crippen LogP contribution is -2.13. The molecule has 0 fully saturated rings. The molecule has 1 aliphatic heterocycles. The summed E-state index contributed by atoms with van der Waals surface area (Å²) in [5.41, 5.74) is 0.725. The summed E-state index contributed by atoms with van der Waals surface area (Å²) >= 11 is 6.07. The van der Waals surface area contributed by atoms with Crippen molar-refractivity contribution in [3.8, 4) is 11.5 Å². The third kappa shape index (κ3) is 3.86. The molecule has 0 unspecified atom stereocenters. The molecule has 1 aliphatic rings. The van der Waals surface area contributed by atoms with Crippen molar-refractivity contribution in [1.29, 1.82) is 0 Å². The molecule has 1 heterocycles. The Bertz CT molecular complexity index is 953. The first-order valence-electron chi connectivity index (χ1n) is 6.98. The van der Waals surface area contributed by atoms with Crippen LogP contribution in [-0.2, 0) is 14.8 Å². The molecule has 0 aliphatic carbocycles. The van der Waals surface area contributed by atoms with Gasteiger partial charge in [-0.25, -0.2) is 13.2 Å². The molecule has 25 heavy (non-hydrogen) atoms. The topological polar surface area (TPSA) is 102 Å². The van der Waals surface area contributed by atoms with Crippen LogP contribution in [0, 0.1) is 0 Å². The van der Waals surface area contributed by atoms with Crippen LogP contribution in [-0.4, -0.2) is 26.3 Å². The smallest absolute Gasteiger partial charge is 0.328 e. The number of benzene rings is 2. The van der Waals surface area contributed by atoms with E-state index in [0.717, 1.165) is 6.08 Å². The van der Waals surface area contributed by atoms with Crippen molar-refractivity contribution in [3.05, 3.63) is 53.1 Å². The molecular formula is C16H12ClNO6S. The van der Waals surface area contributed by atoms with Crippen LogP contribution in [0.5, 0.6) is 11.5 Å². The van der Waals surface area contributed by atoms with Gasteiger partial charge in [0.2, 0.25) is 6.79 Å². The van der Waals surface area contributed by atoms with Gasteiger partial charge >= 0.3 is 5.97 Å². The molecule has 7 nitrogen and oxygen atoms in total. The van der Waals surface area contributed by atoms with Crippen molar-refractivity contribution in [1.82, 2.24) is 0 Å². The molecular weight excluding hydrogens is 370 g/mol. The highest BCUT2D eigenvalue weighted by atomic mass is 35.5. The quantitative estimate of drug-likeness (QED) is 0.772. The molecule has 0 bridgehead atoms. The fourth-order valence-electron chi connectivity index (χ4n) is 2.12. The number of hydrogen-bond donors (Lipinski definition) is 2. The number of anilines is 1. The van der Waals surface area contributed by atoms with Gasteiger partial charge in [-0.05, 0) is 23.8 Å². The number of nitrogens with one attached hydrogen (secondary N) is 1. The Morgan fingerprint density at radius 2 is 1.80 bits per heavy atom. The Kier molecular flexibility index (Phi) is 4.56. The Hall–Kier alpha value is -2.71. The highest BCUT2D eigenvalue weighted by Gasteiger charge is 2.20. The summed E-state index contributed by atoms with van der Waals surface area (Å²) in [7, 11) is -3.87. The fraction of sp³-hybridized carbons (Fsp3) is 0.0625. The minimum atomic E-state index is -3.87. The van der Waals surface area contributed by atoms with Gasteiger partial charge in [-0.2, -0.15) is 0 Å². The van der Waals surface area contributed by atoms with Crippen LogP contribution in [0.1, 0.15) is 5.56 Å². The van der Waals surface area contributed by atoms with Gasteiger partial charge in [0.05, 0.1) is 15.6 Å². The molecule has 2 aromatic rings. The first kappa shape index (κ1) is 17.1. The number of ether oxygens (including phenoxy) is 2. The number of carbonyl (C=O) groups is 1. The second kappa shape index (κ2) is 6.66. The van der Waals surface area contributed by atoms with Gasteiger partial charge in [0, 0.05) is 18.2 Å². The average molecular weight is 382 g/mol. The number of rotatable bonds is 5. The largest absolute Gasteiger partial charge is 0.478 e. The maximum absolute atomic E-state index is 12.5. The molecule has 2 N–H and O–H groups in total. The summed E-state index contributed by atoms with van der Waals surface area (Å²) in [6, 6.07) is 8.65. The summed E-state index contributed by atoms with van der Waals surface area (Å²) in [5.74, 6) is -0.241. The molecule has 0 saturated heterocycles. The Balaban J connectivity index is 1.84. The normalized spacial score (nSPS) is 13.2. The zero-order chi connectivity index (χ0) is 18.0. The molecule has 0 amide bonds. The van der Waals surface area contributed by atoms with Gasteiger partial charge in [0.15, 0.2) is 11.5 Å². The lowest BCUT2D eigenvalue weighted by Gasteiger charge is -2.10. The molecule has 130 valence electrons. The average Bonchev–Trinajstić information content (AvgIpc) is 3.00. The number of fused-ring (bicyclic) bond motifs is 1. The van der Waals surface area contributed by atoms with E-state index >= 15 is 0 Å². The van der Waals surface area contributed by atoms with E-state index in [0.29, 0.717) is 17.1 Å². The van der Waals surface area contributed by atoms with E-state index in [-0.39, 0.29) is 22.4 Å². The highest BCUT2D eigenvalue weighted by Crippen LogP contribution is 2.39. The Labute approximate surface area is 148 Å². The van der Waals surface area contributed by atoms with E-state index in [9.17, 15) is 13.2 Å². The lowest BCUT2D eigenvalue weighted by molar-refractivity contribution is -0.131. The van der Waals surface area contributed by atoms with Gasteiger partial charge < -0.3 is 14.6 Å². The van der Waals surface area contributed by atoms with E-state index in [2.05, 4.69) is 4.72 Å². The molecule has 2 aromatic carbocycles. The third-order valence-corrected chi connectivity index (χ3v) is 5.01. The van der Waals surface area contributed by atoms with Gasteiger partial charge in [-0.3, -0.25) is 4.72 Å². The van der Waals surface area contributed by atoms with Crippen LogP contribution < -0.4 is 14.2 Å². The predicted molar refractivity (Wildman–Crippen MR) is 91.5 cm³/mol. The van der Waals surface area contributed by atoms with Crippen LogP contribution in [0.4, 0.5) is 5.69 Å². The summed E-state index contributed by atoms with van der Waals surface area (Å²) in [5, 5.41) is 8.77. The number of aliphatic carboxylic acids is 1. The molecule has 0 spiro atoms. The van der Waals surface area contributed by atoms with Gasteiger partial charge in [0.25, 0.3) is 10.0 Å². The second-order valence-corrected chi connectivity index (χ2v) is 7.12. The first-order chi connectivity index (χ1) is 11.8. The fourth-order valence-corrected chi connectivity index (χ4v) is 3.45. The summed E-state index contributed by atoms with van der Waals surface area (Å²) in [6.07, 6.45) is 2.33. The van der Waals surface area contributed by atoms with E-state index in [1.54, 1.807) is 0 Å². The van der Waals surface area contributed by atoms with E-state index in [1.807, 2.05) is 0 Å². The van der Waals surface area contributed by atoms with Crippen LogP contribution in [0.25, 0.3) is 6.08 Å². The lowest BCUT2D eigenvalue weighted by atomic mass is 10.2. The van der Waals surface area contributed by atoms with E-state index in [1.165, 1.54) is 42.5 Å². The molecule has 0 saturated carbocycles. The molecule has 9 heteroatoms. The van der Waals surface area contributed by atoms with E-state index < -0.39 is 16.0 Å². The highest BCUT2D eigenvalue weighted by molar-refractivity contribution is 7.92. The zero-order valence-electron chi connectivity index (χ0n) is 12.6. The van der Waals surface area contributed by atoms with E-state index in [4.69, 9.17) is 26.2 Å². The predicted octanol–water partition coefficient (Wildman–Crippen LogP) is 2.97. The van der Waals surface area contributed by atoms with Crippen LogP contribution >= 0.6 is 11.6 Å². The number of sulfonamides is 1. The Morgan fingerprint density at radius 1 is 1.16 bits per heavy atom. The van der Waals surface area contributed by atoms with Crippen molar-refractivity contribution in [2.24, 2.45) is 0 Å². The summed E-state index contributed by atoms with van der Waals surface area (Å²) in [4.78, 5) is 10.5. The van der Waals surface area contributed by atoms with Crippen LogP contribution in [0.15, 0.2) is 47.4 Å². The zero-order valence-corrected chi connectivity index (χ0v) is 14.2. The maximum Gasteiger partial charge on any atom is 0.328 e. The number of carboxylic acid groups (broad SMARTS) is 1. The van der Waals surface area contributed by atoms with Gasteiger partial charge in [-0.15, -0.1) is 0 Å². The molecule has 3 rings (SSSR count). The SMILES string of the molecule is O=C(O)C=Cc1ccc(S(=O)(=O)Nc2cc3c(cc2Cl)OCO3)cc1. The number of hydrogen-bond acceptors (Lipinski definition) is 5. The summed E-state index contributed by atoms with van der Waals surface area (Å²) in [6.45, 7) is 0.0488. The minimum absolute atomic E-state index is 0.00806. The van der Waals surface area contributed by atoms with Crippen LogP contribution in [0.3, 0.4) is 0 Å². The molecule has 0 aromatic heterocycles. The van der Waals surface area contributed by atoms with Crippen LogP contribution in [0.2, 0.25) is 5.02 Å². The molecule has 0 radical (unpaired) electrons. The number of halogens is 1. The standard InChI is InChI=1S/C16H12ClNO6S/c17-12-7-14-15(24-9-23-14)8-13(12)18-25(21,22)11-4-1-10(2-5-11)3-6-16(19)20/h1-8,18H,9H2,(H,19,20). The Morgan fingerprint density at radius 3 is 2.44 bits per heavy atom. The minimum Gasteiger partial charge on any atom is -0.478 e. The van der Waals surface area contributed by atoms with Crippen molar-refractivity contribution in [2.75, 3.05) is 11.5 Å². The van der Waals surface area contributed by atoms with Crippen molar-refractivity contribution in [3.63, 3.8) is 0 Å². The van der Waals surface area contributed by atoms with Crippen molar-refractivity contribution in [2.45, 2.75) is 4.90 Å². The third-order valence-electron chi connectivity index (χ3n) is 3.32.